The van der Waals surface area contributed by atoms with Gasteiger partial charge in [0.2, 0.25) is 0 Å². The van der Waals surface area contributed by atoms with Crippen LogP contribution in [0.15, 0.2) is 17.9 Å². The molecule has 0 aromatic carbocycles. The first-order valence-corrected chi connectivity index (χ1v) is 8.20. The van der Waals surface area contributed by atoms with E-state index in [4.69, 9.17) is 0 Å². The first kappa shape index (κ1) is 14.3. The van der Waals surface area contributed by atoms with Crippen molar-refractivity contribution >= 4 is 17.2 Å². The average Bonchev–Trinajstić information content (AvgIpc) is 3.17. The van der Waals surface area contributed by atoms with Crippen molar-refractivity contribution in [2.45, 2.75) is 45.7 Å². The Morgan fingerprint density at radius 3 is 2.90 bits per heavy atom. The number of imidazole rings is 1. The number of aryl methyl sites for hydroxylation is 1. The van der Waals surface area contributed by atoms with Gasteiger partial charge in [-0.1, -0.05) is 0 Å². The lowest BCUT2D eigenvalue weighted by atomic mass is 10.1. The Bertz CT molecular complexity index is 646. The van der Waals surface area contributed by atoms with E-state index in [0.717, 1.165) is 30.1 Å². The minimum Gasteiger partial charge on any atom is -0.334 e. The molecule has 0 aliphatic carbocycles. The third-order valence-electron chi connectivity index (χ3n) is 3.91. The quantitative estimate of drug-likeness (QED) is 0.875. The van der Waals surface area contributed by atoms with Crippen LogP contribution in [0.4, 0.5) is 0 Å². The highest BCUT2D eigenvalue weighted by molar-refractivity contribution is 7.09. The van der Waals surface area contributed by atoms with Crippen molar-refractivity contribution in [1.82, 2.24) is 19.4 Å². The Kier molecular flexibility index (Phi) is 3.80. The van der Waals surface area contributed by atoms with Gasteiger partial charge < -0.3 is 9.47 Å². The fraction of sp³-hybridized carbons (Fsp3) is 0.533. The summed E-state index contributed by atoms with van der Waals surface area (Å²) in [5, 5.41) is 3.12. The Hall–Kier alpha value is -1.69. The van der Waals surface area contributed by atoms with Gasteiger partial charge in [0.25, 0.3) is 5.91 Å². The number of carbonyl (C=O) groups excluding carboxylic acids is 1. The predicted molar refractivity (Wildman–Crippen MR) is 82.5 cm³/mol. The van der Waals surface area contributed by atoms with Gasteiger partial charge in [-0.3, -0.25) is 4.79 Å². The molecule has 0 spiro atoms. The average molecular weight is 304 g/mol. The van der Waals surface area contributed by atoms with Crippen LogP contribution in [-0.2, 0) is 0 Å². The fourth-order valence-corrected chi connectivity index (χ4v) is 3.39. The Morgan fingerprint density at radius 1 is 1.48 bits per heavy atom. The van der Waals surface area contributed by atoms with Gasteiger partial charge in [-0.25, -0.2) is 9.97 Å². The molecular weight excluding hydrogens is 284 g/mol. The summed E-state index contributed by atoms with van der Waals surface area (Å²) in [7, 11) is 0. The number of thiazole rings is 1. The number of nitrogens with zero attached hydrogens (tertiary/aromatic N) is 4. The van der Waals surface area contributed by atoms with Crippen molar-refractivity contribution in [3.8, 4) is 0 Å². The molecule has 0 bridgehead atoms. The zero-order valence-electron chi connectivity index (χ0n) is 12.6. The minimum absolute atomic E-state index is 0.0163. The smallest absolute Gasteiger partial charge is 0.274 e. The summed E-state index contributed by atoms with van der Waals surface area (Å²) >= 11 is 1.64. The summed E-state index contributed by atoms with van der Waals surface area (Å²) in [6.45, 7) is 6.94. The molecule has 1 atom stereocenters. The number of hydrogen-bond donors (Lipinski definition) is 0. The van der Waals surface area contributed by atoms with Crippen molar-refractivity contribution in [2.75, 3.05) is 6.54 Å². The molecule has 21 heavy (non-hydrogen) atoms. The predicted octanol–water partition coefficient (Wildman–Crippen LogP) is 3.21. The van der Waals surface area contributed by atoms with E-state index in [9.17, 15) is 4.79 Å². The van der Waals surface area contributed by atoms with E-state index in [1.54, 1.807) is 17.7 Å². The van der Waals surface area contributed by atoms with Crippen LogP contribution in [-0.4, -0.2) is 31.9 Å². The molecule has 0 radical (unpaired) electrons. The van der Waals surface area contributed by atoms with Gasteiger partial charge in [0.1, 0.15) is 5.69 Å². The molecule has 3 heterocycles. The molecule has 3 rings (SSSR count). The molecule has 1 saturated heterocycles. The Morgan fingerprint density at radius 2 is 2.29 bits per heavy atom. The van der Waals surface area contributed by atoms with Crippen molar-refractivity contribution in [1.29, 1.82) is 0 Å². The largest absolute Gasteiger partial charge is 0.334 e. The first-order chi connectivity index (χ1) is 10.1. The van der Waals surface area contributed by atoms with Crippen LogP contribution in [0.1, 0.15) is 60.0 Å². The normalized spacial score (nSPS) is 18.7. The maximum absolute atomic E-state index is 12.7. The molecule has 2 aromatic heterocycles. The van der Waals surface area contributed by atoms with Gasteiger partial charge in [-0.15, -0.1) is 11.3 Å². The van der Waals surface area contributed by atoms with Gasteiger partial charge in [0.15, 0.2) is 0 Å². The number of likely N-dealkylation sites (tertiary alicyclic amines) is 1. The summed E-state index contributed by atoms with van der Waals surface area (Å²) in [5.74, 6) is 0.0163. The van der Waals surface area contributed by atoms with Gasteiger partial charge in [0, 0.05) is 24.2 Å². The van der Waals surface area contributed by atoms with Gasteiger partial charge >= 0.3 is 0 Å². The highest BCUT2D eigenvalue weighted by Crippen LogP contribution is 2.33. The van der Waals surface area contributed by atoms with E-state index < -0.39 is 0 Å². The van der Waals surface area contributed by atoms with E-state index in [-0.39, 0.29) is 11.9 Å². The summed E-state index contributed by atoms with van der Waals surface area (Å²) < 4.78 is 1.96. The first-order valence-electron chi connectivity index (χ1n) is 7.32. The molecule has 0 saturated carbocycles. The van der Waals surface area contributed by atoms with E-state index >= 15 is 0 Å². The van der Waals surface area contributed by atoms with Crippen LogP contribution < -0.4 is 0 Å². The Labute approximate surface area is 128 Å². The molecule has 5 nitrogen and oxygen atoms in total. The molecule has 1 amide bonds. The van der Waals surface area contributed by atoms with Crippen molar-refractivity contribution in [2.24, 2.45) is 0 Å². The zero-order chi connectivity index (χ0) is 15.0. The van der Waals surface area contributed by atoms with Gasteiger partial charge in [-0.05, 0) is 33.6 Å². The third-order valence-corrected chi connectivity index (χ3v) is 4.70. The van der Waals surface area contributed by atoms with Crippen LogP contribution in [0, 0.1) is 6.92 Å². The number of carbonyl (C=O) groups is 1. The molecule has 112 valence electrons. The van der Waals surface area contributed by atoms with Gasteiger partial charge in [-0.2, -0.15) is 0 Å². The molecule has 0 N–H and O–H groups in total. The van der Waals surface area contributed by atoms with Crippen molar-refractivity contribution < 1.29 is 4.79 Å². The second-order valence-electron chi connectivity index (χ2n) is 5.75. The lowest BCUT2D eigenvalue weighted by molar-refractivity contribution is 0.0727. The molecular formula is C15H20N4OS. The third kappa shape index (κ3) is 2.72. The molecule has 1 aliphatic heterocycles. The van der Waals surface area contributed by atoms with Crippen LogP contribution in [0.2, 0.25) is 0 Å². The standard InChI is InChI=1S/C15H20N4OS/c1-10(2)18-7-12(16-9-18)15(20)19-6-4-5-14(19)13-8-21-11(3)17-13/h7-10,14H,4-6H2,1-3H3/t14-/m0/s1. The topological polar surface area (TPSA) is 51.0 Å². The van der Waals surface area contributed by atoms with Gasteiger partial charge in [0.05, 0.1) is 23.1 Å². The highest BCUT2D eigenvalue weighted by Gasteiger charge is 2.33. The molecule has 0 unspecified atom stereocenters. The summed E-state index contributed by atoms with van der Waals surface area (Å²) in [6, 6.07) is 0.418. The molecule has 1 fully saturated rings. The second-order valence-corrected chi connectivity index (χ2v) is 6.81. The molecule has 2 aromatic rings. The summed E-state index contributed by atoms with van der Waals surface area (Å²) in [6.07, 6.45) is 5.59. The van der Waals surface area contributed by atoms with E-state index in [1.165, 1.54) is 0 Å². The van der Waals surface area contributed by atoms with E-state index in [0.29, 0.717) is 11.7 Å². The summed E-state index contributed by atoms with van der Waals surface area (Å²) in [4.78, 5) is 23.4. The van der Waals surface area contributed by atoms with Crippen LogP contribution in [0.25, 0.3) is 0 Å². The maximum Gasteiger partial charge on any atom is 0.274 e. The lowest BCUT2D eigenvalue weighted by Gasteiger charge is -2.22. The van der Waals surface area contributed by atoms with Crippen LogP contribution >= 0.6 is 11.3 Å². The van der Waals surface area contributed by atoms with Crippen LogP contribution in [0.3, 0.4) is 0 Å². The number of rotatable bonds is 3. The van der Waals surface area contributed by atoms with E-state index in [1.807, 2.05) is 22.6 Å². The van der Waals surface area contributed by atoms with Crippen molar-refractivity contribution in [3.63, 3.8) is 0 Å². The number of amides is 1. The zero-order valence-corrected chi connectivity index (χ0v) is 13.4. The molecule has 1 aliphatic rings. The lowest BCUT2D eigenvalue weighted by Crippen LogP contribution is -2.31. The van der Waals surface area contributed by atoms with Crippen LogP contribution in [0.5, 0.6) is 0 Å². The van der Waals surface area contributed by atoms with E-state index in [2.05, 4.69) is 29.2 Å². The minimum atomic E-state index is 0.0163. The highest BCUT2D eigenvalue weighted by atomic mass is 32.1. The summed E-state index contributed by atoms with van der Waals surface area (Å²) in [5.41, 5.74) is 1.55. The monoisotopic (exact) mass is 304 g/mol. The Balaban J connectivity index is 1.82. The maximum atomic E-state index is 12.7. The fourth-order valence-electron chi connectivity index (χ4n) is 2.73. The van der Waals surface area contributed by atoms with Crippen molar-refractivity contribution in [3.05, 3.63) is 34.3 Å². The molecule has 6 heteroatoms. The number of hydrogen-bond acceptors (Lipinski definition) is 4. The second kappa shape index (κ2) is 5.60. The SMILES string of the molecule is Cc1nc([C@@H]2CCCN2C(=O)c2cn(C(C)C)cn2)cs1. The number of aromatic nitrogens is 3.